The lowest BCUT2D eigenvalue weighted by Gasteiger charge is -2.11. The predicted octanol–water partition coefficient (Wildman–Crippen LogP) is 4.13. The summed E-state index contributed by atoms with van der Waals surface area (Å²) in [6.07, 6.45) is -2.76. The number of benzene rings is 2. The third kappa shape index (κ3) is 3.27. The maximum Gasteiger partial charge on any atom is 0.416 e. The Hall–Kier alpha value is -2.07. The van der Waals surface area contributed by atoms with Crippen molar-refractivity contribution in [1.29, 1.82) is 0 Å². The lowest BCUT2D eigenvalue weighted by atomic mass is 9.97. The summed E-state index contributed by atoms with van der Waals surface area (Å²) in [5, 5.41) is 9.09. The third-order valence-corrected chi connectivity index (χ3v) is 2.90. The van der Waals surface area contributed by atoms with E-state index in [0.717, 1.165) is 17.7 Å². The molecule has 2 rings (SSSR count). The molecule has 104 valence electrons. The maximum absolute atomic E-state index is 12.5. The van der Waals surface area contributed by atoms with Gasteiger partial charge in [-0.3, -0.25) is 0 Å². The van der Waals surface area contributed by atoms with Gasteiger partial charge in [0.15, 0.2) is 0 Å². The minimum absolute atomic E-state index is 0.175. The summed E-state index contributed by atoms with van der Waals surface area (Å²) in [6.45, 7) is -0.175. The minimum atomic E-state index is -4.34. The molecule has 1 nitrogen and oxygen atoms in total. The van der Waals surface area contributed by atoms with Gasteiger partial charge in [0.25, 0.3) is 0 Å². The van der Waals surface area contributed by atoms with Crippen LogP contribution in [0.3, 0.4) is 0 Å². The van der Waals surface area contributed by atoms with Crippen LogP contribution in [0.4, 0.5) is 13.2 Å². The molecular weight excluding hydrogens is 265 g/mol. The van der Waals surface area contributed by atoms with E-state index in [9.17, 15) is 13.2 Å². The summed E-state index contributed by atoms with van der Waals surface area (Å²) < 4.78 is 37.6. The Bertz CT molecular complexity index is 583. The van der Waals surface area contributed by atoms with E-state index in [0.29, 0.717) is 11.1 Å². The Labute approximate surface area is 115 Å². The lowest BCUT2D eigenvalue weighted by molar-refractivity contribution is -0.137. The van der Waals surface area contributed by atoms with Crippen molar-refractivity contribution in [3.05, 3.63) is 77.4 Å². The molecule has 2 aromatic rings. The van der Waals surface area contributed by atoms with Crippen LogP contribution < -0.4 is 0 Å². The fourth-order valence-electron chi connectivity index (χ4n) is 1.95. The van der Waals surface area contributed by atoms with Crippen LogP contribution >= 0.6 is 0 Å². The molecule has 0 spiro atoms. The summed E-state index contributed by atoms with van der Waals surface area (Å²) in [7, 11) is 0. The molecule has 0 saturated carbocycles. The van der Waals surface area contributed by atoms with Crippen LogP contribution in [0.5, 0.6) is 0 Å². The van der Waals surface area contributed by atoms with Crippen LogP contribution in [-0.2, 0) is 6.18 Å². The van der Waals surface area contributed by atoms with Gasteiger partial charge >= 0.3 is 6.18 Å². The van der Waals surface area contributed by atoms with Crippen LogP contribution in [0.25, 0.3) is 5.57 Å². The number of alkyl halides is 3. The Kier molecular flexibility index (Phi) is 4.25. The lowest BCUT2D eigenvalue weighted by Crippen LogP contribution is -2.04. The quantitative estimate of drug-likeness (QED) is 0.895. The van der Waals surface area contributed by atoms with Gasteiger partial charge in [-0.05, 0) is 28.8 Å². The second kappa shape index (κ2) is 5.92. The van der Waals surface area contributed by atoms with E-state index >= 15 is 0 Å². The molecule has 0 aliphatic heterocycles. The van der Waals surface area contributed by atoms with Crippen LogP contribution in [0.15, 0.2) is 60.7 Å². The fraction of sp³-hybridized carbons (Fsp3) is 0.125. The smallest absolute Gasteiger partial charge is 0.392 e. The Morgan fingerprint density at radius 1 is 0.900 bits per heavy atom. The first-order valence-corrected chi connectivity index (χ1v) is 6.06. The maximum atomic E-state index is 12.5. The Morgan fingerprint density at radius 2 is 1.45 bits per heavy atom. The van der Waals surface area contributed by atoms with E-state index in [4.69, 9.17) is 5.11 Å². The zero-order valence-electron chi connectivity index (χ0n) is 10.6. The van der Waals surface area contributed by atoms with Gasteiger partial charge in [-0.25, -0.2) is 0 Å². The molecule has 0 aliphatic rings. The first-order chi connectivity index (χ1) is 9.52. The van der Waals surface area contributed by atoms with Crippen molar-refractivity contribution >= 4 is 5.57 Å². The van der Waals surface area contributed by atoms with Crippen molar-refractivity contribution in [3.8, 4) is 0 Å². The summed E-state index contributed by atoms with van der Waals surface area (Å²) in [5.41, 5.74) is 1.51. The van der Waals surface area contributed by atoms with Crippen molar-refractivity contribution < 1.29 is 18.3 Å². The number of halogens is 3. The average molecular weight is 278 g/mol. The van der Waals surface area contributed by atoms with Crippen molar-refractivity contribution in [2.75, 3.05) is 6.61 Å². The topological polar surface area (TPSA) is 20.2 Å². The number of aliphatic hydroxyl groups is 1. The molecule has 1 N–H and O–H groups in total. The van der Waals surface area contributed by atoms with Crippen LogP contribution in [0.2, 0.25) is 0 Å². The van der Waals surface area contributed by atoms with E-state index in [1.807, 2.05) is 30.3 Å². The van der Waals surface area contributed by atoms with Crippen LogP contribution in [0.1, 0.15) is 16.7 Å². The number of rotatable bonds is 3. The van der Waals surface area contributed by atoms with Gasteiger partial charge in [-0.2, -0.15) is 13.2 Å². The van der Waals surface area contributed by atoms with E-state index < -0.39 is 11.7 Å². The summed E-state index contributed by atoms with van der Waals surface area (Å²) in [4.78, 5) is 0. The number of hydrogen-bond acceptors (Lipinski definition) is 1. The molecule has 0 bridgehead atoms. The van der Waals surface area contributed by atoms with Gasteiger partial charge < -0.3 is 5.11 Å². The molecule has 0 radical (unpaired) electrons. The summed E-state index contributed by atoms with van der Waals surface area (Å²) in [5.74, 6) is 0. The number of hydrogen-bond donors (Lipinski definition) is 1. The highest BCUT2D eigenvalue weighted by Crippen LogP contribution is 2.31. The molecule has 0 atom stereocenters. The molecule has 0 aromatic heterocycles. The molecule has 0 saturated heterocycles. The van der Waals surface area contributed by atoms with Crippen molar-refractivity contribution in [3.63, 3.8) is 0 Å². The SMILES string of the molecule is OC/C=C(/c1ccccc1)c1ccc(C(F)(F)F)cc1. The van der Waals surface area contributed by atoms with Gasteiger partial charge in [0.2, 0.25) is 0 Å². The van der Waals surface area contributed by atoms with E-state index in [-0.39, 0.29) is 6.61 Å². The molecule has 0 heterocycles. The van der Waals surface area contributed by atoms with E-state index in [2.05, 4.69) is 0 Å². The second-order valence-electron chi connectivity index (χ2n) is 4.24. The third-order valence-electron chi connectivity index (χ3n) is 2.90. The van der Waals surface area contributed by atoms with Gasteiger partial charge in [-0.15, -0.1) is 0 Å². The predicted molar refractivity (Wildman–Crippen MR) is 72.1 cm³/mol. The molecule has 0 fully saturated rings. The van der Waals surface area contributed by atoms with E-state index in [1.54, 1.807) is 6.08 Å². The number of aliphatic hydroxyl groups excluding tert-OH is 1. The highest BCUT2D eigenvalue weighted by Gasteiger charge is 2.30. The Balaban J connectivity index is 2.39. The van der Waals surface area contributed by atoms with Crippen LogP contribution in [0, 0.1) is 0 Å². The summed E-state index contributed by atoms with van der Waals surface area (Å²) >= 11 is 0. The van der Waals surface area contributed by atoms with Crippen molar-refractivity contribution in [1.82, 2.24) is 0 Å². The molecule has 0 aliphatic carbocycles. The van der Waals surface area contributed by atoms with Gasteiger partial charge in [0.05, 0.1) is 12.2 Å². The fourth-order valence-corrected chi connectivity index (χ4v) is 1.95. The normalized spacial score (nSPS) is 12.5. The standard InChI is InChI=1S/C16H13F3O/c17-16(18,19)14-8-6-13(7-9-14)15(10-11-20)12-4-2-1-3-5-12/h1-10,20H,11H2/b15-10-. The minimum Gasteiger partial charge on any atom is -0.392 e. The van der Waals surface area contributed by atoms with E-state index in [1.165, 1.54) is 12.1 Å². The first kappa shape index (κ1) is 14.3. The molecule has 4 heteroatoms. The second-order valence-corrected chi connectivity index (χ2v) is 4.24. The van der Waals surface area contributed by atoms with Gasteiger partial charge in [-0.1, -0.05) is 48.5 Å². The molecule has 0 amide bonds. The average Bonchev–Trinajstić information content (AvgIpc) is 2.45. The van der Waals surface area contributed by atoms with Crippen molar-refractivity contribution in [2.24, 2.45) is 0 Å². The monoisotopic (exact) mass is 278 g/mol. The molecule has 2 aromatic carbocycles. The molecular formula is C16H13F3O. The zero-order valence-corrected chi connectivity index (χ0v) is 10.6. The zero-order chi connectivity index (χ0) is 14.6. The van der Waals surface area contributed by atoms with Crippen molar-refractivity contribution in [2.45, 2.75) is 6.18 Å². The largest absolute Gasteiger partial charge is 0.416 e. The molecule has 20 heavy (non-hydrogen) atoms. The van der Waals surface area contributed by atoms with Gasteiger partial charge in [0.1, 0.15) is 0 Å². The summed E-state index contributed by atoms with van der Waals surface area (Å²) in [6, 6.07) is 14.1. The van der Waals surface area contributed by atoms with Crippen LogP contribution in [-0.4, -0.2) is 11.7 Å². The highest BCUT2D eigenvalue weighted by atomic mass is 19.4. The molecule has 0 unspecified atom stereocenters. The first-order valence-electron chi connectivity index (χ1n) is 6.06. The Morgan fingerprint density at radius 3 is 1.95 bits per heavy atom. The highest BCUT2D eigenvalue weighted by molar-refractivity contribution is 5.79. The van der Waals surface area contributed by atoms with Gasteiger partial charge in [0, 0.05) is 0 Å².